The van der Waals surface area contributed by atoms with E-state index in [-0.39, 0.29) is 32.7 Å². The first-order valence-electron chi connectivity index (χ1n) is 8.14. The van der Waals surface area contributed by atoms with Crippen LogP contribution in [0, 0.1) is 0 Å². The molecule has 0 spiro atoms. The average Bonchev–Trinajstić information content (AvgIpc) is 2.66. The van der Waals surface area contributed by atoms with Crippen molar-refractivity contribution in [1.82, 2.24) is 10.2 Å². The molecule has 9 nitrogen and oxygen atoms in total. The van der Waals surface area contributed by atoms with Gasteiger partial charge in [-0.2, -0.15) is 0 Å². The summed E-state index contributed by atoms with van der Waals surface area (Å²) in [5.74, 6) is -0.655. The van der Waals surface area contributed by atoms with Gasteiger partial charge in [-0.1, -0.05) is 30.3 Å². The Morgan fingerprint density at radius 1 is 1.35 bits per heavy atom. The molecule has 2 amide bonds. The minimum atomic E-state index is -1.05. The smallest absolute Gasteiger partial charge is 0.408 e. The molecule has 2 rings (SSSR count). The van der Waals surface area contributed by atoms with Crippen LogP contribution in [0.4, 0.5) is 9.59 Å². The fourth-order valence-corrected chi connectivity index (χ4v) is 2.56. The minimum absolute atomic E-state index is 0.0628. The van der Waals surface area contributed by atoms with Gasteiger partial charge in [0.25, 0.3) is 0 Å². The van der Waals surface area contributed by atoms with Crippen molar-refractivity contribution in [1.29, 1.82) is 0 Å². The number of alkyl carbamates (subject to hydrolysis) is 1. The van der Waals surface area contributed by atoms with Gasteiger partial charge in [-0.25, -0.2) is 14.4 Å². The van der Waals surface area contributed by atoms with Crippen molar-refractivity contribution < 1.29 is 33.7 Å². The zero-order chi connectivity index (χ0) is 18.9. The summed E-state index contributed by atoms with van der Waals surface area (Å²) in [6, 6.07) is 8.11. The quantitative estimate of drug-likeness (QED) is 0.728. The number of ether oxygens (including phenoxy) is 3. The Balaban J connectivity index is 1.89. The predicted octanol–water partition coefficient (Wildman–Crippen LogP) is 1.22. The molecule has 1 heterocycles. The lowest BCUT2D eigenvalue weighted by molar-refractivity contribution is -0.144. The Kier molecular flexibility index (Phi) is 7.22. The van der Waals surface area contributed by atoms with E-state index in [1.807, 2.05) is 18.2 Å². The van der Waals surface area contributed by atoms with E-state index in [0.29, 0.717) is 0 Å². The summed E-state index contributed by atoms with van der Waals surface area (Å²) in [6.07, 6.45) is -2.27. The highest BCUT2D eigenvalue weighted by Gasteiger charge is 2.31. The fraction of sp³-hybridized carbons (Fsp3) is 0.471. The largest absolute Gasteiger partial charge is 0.467 e. The molecule has 0 aromatic heterocycles. The zero-order valence-corrected chi connectivity index (χ0v) is 14.4. The number of nitrogens with zero attached hydrogens (tertiary/aromatic N) is 1. The van der Waals surface area contributed by atoms with Gasteiger partial charge < -0.3 is 29.5 Å². The van der Waals surface area contributed by atoms with Crippen LogP contribution in [0.25, 0.3) is 0 Å². The molecule has 1 aliphatic heterocycles. The molecule has 1 aromatic rings. The van der Waals surface area contributed by atoms with Gasteiger partial charge in [-0.05, 0) is 5.56 Å². The van der Waals surface area contributed by atoms with E-state index in [2.05, 4.69) is 5.32 Å². The summed E-state index contributed by atoms with van der Waals surface area (Å²) in [6.45, 7) is 0.668. The van der Waals surface area contributed by atoms with Crippen molar-refractivity contribution in [3.8, 4) is 0 Å². The van der Waals surface area contributed by atoms with Crippen molar-refractivity contribution in [2.75, 3.05) is 26.8 Å². The highest BCUT2D eigenvalue weighted by molar-refractivity contribution is 5.81. The van der Waals surface area contributed by atoms with Crippen molar-refractivity contribution in [3.63, 3.8) is 0 Å². The van der Waals surface area contributed by atoms with E-state index < -0.39 is 30.3 Å². The third-order valence-corrected chi connectivity index (χ3v) is 3.90. The van der Waals surface area contributed by atoms with Crippen LogP contribution in [0.5, 0.6) is 0 Å². The number of esters is 1. The number of carbonyl (C=O) groups is 3. The first kappa shape index (κ1) is 19.5. The number of rotatable bonds is 6. The summed E-state index contributed by atoms with van der Waals surface area (Å²) in [4.78, 5) is 36.2. The van der Waals surface area contributed by atoms with Crippen molar-refractivity contribution >= 4 is 18.2 Å². The maximum absolute atomic E-state index is 12.0. The third kappa shape index (κ3) is 5.92. The molecule has 1 saturated heterocycles. The fourth-order valence-electron chi connectivity index (χ4n) is 2.56. The number of benzene rings is 1. The van der Waals surface area contributed by atoms with E-state index in [0.717, 1.165) is 5.56 Å². The van der Waals surface area contributed by atoms with Crippen molar-refractivity contribution in [2.24, 2.45) is 0 Å². The topological polar surface area (TPSA) is 114 Å². The number of carboxylic acid groups (broad SMARTS) is 1. The summed E-state index contributed by atoms with van der Waals surface area (Å²) in [7, 11) is 1.21. The predicted molar refractivity (Wildman–Crippen MR) is 89.5 cm³/mol. The Morgan fingerprint density at radius 3 is 2.73 bits per heavy atom. The van der Waals surface area contributed by atoms with Crippen LogP contribution in [0.15, 0.2) is 30.3 Å². The number of amides is 2. The lowest BCUT2D eigenvalue weighted by atomic mass is 10.1. The van der Waals surface area contributed by atoms with E-state index in [9.17, 15) is 14.4 Å². The molecule has 1 fully saturated rings. The van der Waals surface area contributed by atoms with Gasteiger partial charge >= 0.3 is 18.2 Å². The molecule has 1 aliphatic rings. The Labute approximate surface area is 150 Å². The average molecular weight is 366 g/mol. The molecule has 2 N–H and O–H groups in total. The molecular formula is C17H22N2O7. The van der Waals surface area contributed by atoms with Gasteiger partial charge in [0.1, 0.15) is 12.6 Å². The van der Waals surface area contributed by atoms with Gasteiger partial charge in [-0.15, -0.1) is 0 Å². The molecule has 9 heteroatoms. The normalized spacial score (nSPS) is 17.9. The van der Waals surface area contributed by atoms with Crippen LogP contribution in [0.2, 0.25) is 0 Å². The van der Waals surface area contributed by atoms with Crippen LogP contribution in [0.3, 0.4) is 0 Å². The highest BCUT2D eigenvalue weighted by atomic mass is 16.6. The van der Waals surface area contributed by atoms with Gasteiger partial charge in [-0.3, -0.25) is 0 Å². The summed E-state index contributed by atoms with van der Waals surface area (Å²) in [5, 5.41) is 11.5. The second-order valence-corrected chi connectivity index (χ2v) is 5.74. The summed E-state index contributed by atoms with van der Waals surface area (Å²) < 4.78 is 15.3. The number of methoxy groups -OCH3 is 1. The molecule has 0 aliphatic carbocycles. The molecule has 0 bridgehead atoms. The van der Waals surface area contributed by atoms with Crippen molar-refractivity contribution in [2.45, 2.75) is 25.2 Å². The Hall–Kier alpha value is -2.81. The van der Waals surface area contributed by atoms with Crippen molar-refractivity contribution in [3.05, 3.63) is 35.9 Å². The first-order valence-corrected chi connectivity index (χ1v) is 8.14. The standard InChI is InChI=1S/C17H22N2O7/c1-24-15(20)14(9-13-10-19(17(22)23)7-8-25-13)18-16(21)26-11-12-5-3-2-4-6-12/h2-6,13-14H,7-11H2,1H3,(H,18,21)(H,22,23)/t13-,14?/m0/s1. The van der Waals surface area contributed by atoms with E-state index >= 15 is 0 Å². The minimum Gasteiger partial charge on any atom is -0.467 e. The van der Waals surface area contributed by atoms with Gasteiger partial charge in [0.05, 0.1) is 26.4 Å². The number of nitrogens with one attached hydrogen (secondary N) is 1. The lowest BCUT2D eigenvalue weighted by Gasteiger charge is -2.32. The van der Waals surface area contributed by atoms with Crippen LogP contribution in [-0.2, 0) is 25.6 Å². The number of hydrogen-bond acceptors (Lipinski definition) is 6. The Bertz CT molecular complexity index is 623. The van der Waals surface area contributed by atoms with Gasteiger partial charge in [0.15, 0.2) is 0 Å². The zero-order valence-electron chi connectivity index (χ0n) is 14.4. The molecule has 1 unspecified atom stereocenters. The third-order valence-electron chi connectivity index (χ3n) is 3.90. The maximum atomic E-state index is 12.0. The molecule has 142 valence electrons. The van der Waals surface area contributed by atoms with Crippen LogP contribution in [-0.4, -0.2) is 67.1 Å². The second kappa shape index (κ2) is 9.62. The van der Waals surface area contributed by atoms with Gasteiger partial charge in [0, 0.05) is 13.0 Å². The highest BCUT2D eigenvalue weighted by Crippen LogP contribution is 2.12. The SMILES string of the molecule is COC(=O)C(C[C@H]1CN(C(=O)O)CCO1)NC(=O)OCc1ccccc1. The summed E-state index contributed by atoms with van der Waals surface area (Å²) >= 11 is 0. The molecule has 0 radical (unpaired) electrons. The maximum Gasteiger partial charge on any atom is 0.408 e. The van der Waals surface area contributed by atoms with E-state index in [4.69, 9.17) is 19.3 Å². The van der Waals surface area contributed by atoms with E-state index in [1.165, 1.54) is 12.0 Å². The molecule has 1 aromatic carbocycles. The number of carbonyl (C=O) groups excluding carboxylic acids is 2. The van der Waals surface area contributed by atoms with Crippen LogP contribution >= 0.6 is 0 Å². The number of hydrogen-bond donors (Lipinski definition) is 2. The summed E-state index contributed by atoms with van der Waals surface area (Å²) in [5.41, 5.74) is 0.810. The van der Waals surface area contributed by atoms with Crippen LogP contribution in [0.1, 0.15) is 12.0 Å². The molecule has 0 saturated carbocycles. The lowest BCUT2D eigenvalue weighted by Crippen LogP contribution is -2.50. The number of morpholine rings is 1. The monoisotopic (exact) mass is 366 g/mol. The van der Waals surface area contributed by atoms with Gasteiger partial charge in [0.2, 0.25) is 0 Å². The second-order valence-electron chi connectivity index (χ2n) is 5.74. The molecular weight excluding hydrogens is 344 g/mol. The Morgan fingerprint density at radius 2 is 2.08 bits per heavy atom. The van der Waals surface area contributed by atoms with Crippen LogP contribution < -0.4 is 5.32 Å². The van der Waals surface area contributed by atoms with E-state index in [1.54, 1.807) is 12.1 Å². The molecule has 2 atom stereocenters. The first-order chi connectivity index (χ1) is 12.5. The molecule has 26 heavy (non-hydrogen) atoms.